The van der Waals surface area contributed by atoms with Gasteiger partial charge in [-0.25, -0.2) is 34.5 Å². The van der Waals surface area contributed by atoms with Crippen LogP contribution in [0.1, 0.15) is 13.8 Å². The third-order valence-corrected chi connectivity index (χ3v) is 9.43. The summed E-state index contributed by atoms with van der Waals surface area (Å²) >= 11 is 0. The minimum atomic E-state index is -4.04. The summed E-state index contributed by atoms with van der Waals surface area (Å²) in [6.45, 7) is 4.07. The molecule has 0 saturated carbocycles. The molecule has 2 rings (SSSR count). The Morgan fingerprint density at radius 2 is 1.29 bits per heavy atom. The summed E-state index contributed by atoms with van der Waals surface area (Å²) in [6.07, 6.45) is 1.13. The first-order valence-electron chi connectivity index (χ1n) is 9.13. The van der Waals surface area contributed by atoms with Crippen molar-refractivity contribution in [3.05, 3.63) is 42.6 Å². The highest BCUT2D eigenvalue weighted by molar-refractivity contribution is 7.90. The van der Waals surface area contributed by atoms with E-state index in [1.54, 1.807) is 13.8 Å². The monoisotopic (exact) mass is 491 g/mol. The lowest BCUT2D eigenvalue weighted by molar-refractivity contribution is 0.445. The van der Waals surface area contributed by atoms with Crippen molar-refractivity contribution in [2.24, 2.45) is 0 Å². The van der Waals surface area contributed by atoms with Crippen LogP contribution in [0.2, 0.25) is 0 Å². The highest BCUT2D eigenvalue weighted by Crippen LogP contribution is 2.18. The third-order valence-electron chi connectivity index (χ3n) is 4.31. The van der Waals surface area contributed by atoms with Crippen LogP contribution in [0.3, 0.4) is 0 Å². The van der Waals surface area contributed by atoms with Crippen LogP contribution in [-0.2, 0) is 30.1 Å². The molecule has 0 radical (unpaired) electrons. The Labute approximate surface area is 183 Å². The van der Waals surface area contributed by atoms with Crippen LogP contribution in [0.4, 0.5) is 5.82 Å². The molecule has 0 amide bonds. The molecule has 0 fully saturated rings. The van der Waals surface area contributed by atoms with Crippen molar-refractivity contribution in [1.29, 1.82) is 0 Å². The van der Waals surface area contributed by atoms with E-state index < -0.39 is 30.1 Å². The van der Waals surface area contributed by atoms with E-state index in [2.05, 4.69) is 15.2 Å². The van der Waals surface area contributed by atoms with E-state index in [0.29, 0.717) is 13.1 Å². The van der Waals surface area contributed by atoms with Crippen molar-refractivity contribution >= 4 is 35.9 Å². The van der Waals surface area contributed by atoms with Gasteiger partial charge in [-0.3, -0.25) is 5.43 Å². The molecule has 0 aliphatic rings. The fourth-order valence-electron chi connectivity index (χ4n) is 2.50. The van der Waals surface area contributed by atoms with Crippen LogP contribution in [-0.4, -0.2) is 66.0 Å². The highest BCUT2D eigenvalue weighted by Gasteiger charge is 2.22. The molecule has 172 valence electrons. The van der Waals surface area contributed by atoms with Gasteiger partial charge in [0.2, 0.25) is 20.0 Å². The van der Waals surface area contributed by atoms with Gasteiger partial charge in [0.1, 0.15) is 10.7 Å². The summed E-state index contributed by atoms with van der Waals surface area (Å²) in [4.78, 5) is 5.82. The first-order valence-corrected chi connectivity index (χ1v) is 13.5. The molecule has 2 N–H and O–H groups in total. The average Bonchev–Trinajstić information content (AvgIpc) is 2.73. The van der Waals surface area contributed by atoms with E-state index in [0.717, 1.165) is 22.6 Å². The SMILES string of the molecule is CCN(CC)S(=O)(=O)c1ccc(NNS(=O)(=O)c2ccc(S(=O)(=O)N(C)C)cc2)nc1. The number of nitrogens with zero attached hydrogens (tertiary/aromatic N) is 3. The van der Waals surface area contributed by atoms with Gasteiger partial charge in [-0.2, -0.15) is 4.31 Å². The Morgan fingerprint density at radius 1 is 0.774 bits per heavy atom. The van der Waals surface area contributed by atoms with E-state index in [1.807, 2.05) is 0 Å². The van der Waals surface area contributed by atoms with Crippen LogP contribution in [0.5, 0.6) is 0 Å². The number of hydrazine groups is 1. The number of rotatable bonds is 10. The molecule has 0 aliphatic carbocycles. The molecular weight excluding hydrogens is 466 g/mol. The number of hydrogen-bond donors (Lipinski definition) is 2. The molecule has 0 unspecified atom stereocenters. The lowest BCUT2D eigenvalue weighted by Crippen LogP contribution is -2.31. The van der Waals surface area contributed by atoms with Gasteiger partial charge in [0.25, 0.3) is 10.0 Å². The van der Waals surface area contributed by atoms with Gasteiger partial charge in [0.05, 0.1) is 9.79 Å². The molecule has 0 aliphatic heterocycles. The van der Waals surface area contributed by atoms with Gasteiger partial charge < -0.3 is 0 Å². The maximum Gasteiger partial charge on any atom is 0.257 e. The van der Waals surface area contributed by atoms with Gasteiger partial charge in [-0.1, -0.05) is 13.8 Å². The number of anilines is 1. The van der Waals surface area contributed by atoms with E-state index in [-0.39, 0.29) is 20.5 Å². The lowest BCUT2D eigenvalue weighted by atomic mass is 10.4. The van der Waals surface area contributed by atoms with E-state index in [9.17, 15) is 25.3 Å². The fraction of sp³-hybridized carbons (Fsp3) is 0.353. The number of pyridine rings is 1. The van der Waals surface area contributed by atoms with Crippen LogP contribution in [0.15, 0.2) is 57.3 Å². The fourth-order valence-corrected chi connectivity index (χ4v) is 5.66. The van der Waals surface area contributed by atoms with Crippen molar-refractivity contribution in [3.63, 3.8) is 0 Å². The molecule has 2 aromatic rings. The highest BCUT2D eigenvalue weighted by atomic mass is 32.2. The molecule has 31 heavy (non-hydrogen) atoms. The Kier molecular flexibility index (Phi) is 7.78. The predicted octanol–water partition coefficient (Wildman–Crippen LogP) is 0.668. The third kappa shape index (κ3) is 5.58. The van der Waals surface area contributed by atoms with Crippen LogP contribution in [0.25, 0.3) is 0 Å². The van der Waals surface area contributed by atoms with E-state index in [1.165, 1.54) is 42.7 Å². The van der Waals surface area contributed by atoms with E-state index >= 15 is 0 Å². The van der Waals surface area contributed by atoms with Crippen LogP contribution in [0, 0.1) is 0 Å². The summed E-state index contributed by atoms with van der Waals surface area (Å²) in [7, 11) is -8.65. The first-order chi connectivity index (χ1) is 14.4. The standard InChI is InChI=1S/C17H25N5O6S3/c1-5-22(6-2)31(27,28)16-11-12-17(18-13-16)19-20-29(23,24)14-7-9-15(10-8-14)30(25,26)21(3)4/h7-13,20H,5-6H2,1-4H3,(H,18,19). The van der Waals surface area contributed by atoms with Crippen LogP contribution >= 0.6 is 0 Å². The van der Waals surface area contributed by atoms with Crippen molar-refractivity contribution in [2.45, 2.75) is 28.5 Å². The number of aromatic nitrogens is 1. The molecule has 1 aromatic carbocycles. The normalized spacial score (nSPS) is 13.0. The topological polar surface area (TPSA) is 146 Å². The second-order valence-electron chi connectivity index (χ2n) is 6.46. The smallest absolute Gasteiger partial charge is 0.257 e. The Hall–Kier alpha value is -2.10. The summed E-state index contributed by atoms with van der Waals surface area (Å²) < 4.78 is 76.2. The van der Waals surface area contributed by atoms with Gasteiger partial charge in [-0.15, -0.1) is 4.83 Å². The van der Waals surface area contributed by atoms with Crippen molar-refractivity contribution < 1.29 is 25.3 Å². The Bertz CT molecular complexity index is 1210. The second-order valence-corrected chi connectivity index (χ2v) is 12.2. The Morgan fingerprint density at radius 3 is 1.74 bits per heavy atom. The largest absolute Gasteiger partial charge is 0.292 e. The van der Waals surface area contributed by atoms with Crippen molar-refractivity contribution in [1.82, 2.24) is 18.4 Å². The maximum absolute atomic E-state index is 12.5. The zero-order valence-electron chi connectivity index (χ0n) is 17.5. The zero-order chi connectivity index (χ0) is 23.4. The number of hydrogen-bond acceptors (Lipinski definition) is 8. The van der Waals surface area contributed by atoms with Gasteiger partial charge >= 0.3 is 0 Å². The second kappa shape index (κ2) is 9.58. The van der Waals surface area contributed by atoms with E-state index in [4.69, 9.17) is 0 Å². The molecule has 1 heterocycles. The molecule has 11 nitrogen and oxygen atoms in total. The number of benzene rings is 1. The summed E-state index contributed by atoms with van der Waals surface area (Å²) in [5.74, 6) is 0.0777. The molecule has 0 saturated heterocycles. The number of nitrogens with one attached hydrogen (secondary N) is 2. The van der Waals surface area contributed by atoms with Crippen LogP contribution < -0.4 is 10.3 Å². The Balaban J connectivity index is 2.14. The maximum atomic E-state index is 12.5. The molecule has 0 spiro atoms. The average molecular weight is 492 g/mol. The zero-order valence-corrected chi connectivity index (χ0v) is 19.9. The molecule has 0 atom stereocenters. The van der Waals surface area contributed by atoms with Gasteiger partial charge in [-0.05, 0) is 36.4 Å². The van der Waals surface area contributed by atoms with Crippen molar-refractivity contribution in [3.8, 4) is 0 Å². The molecular formula is C17H25N5O6S3. The summed E-state index contributed by atoms with van der Waals surface area (Å²) in [5.41, 5.74) is 2.40. The molecule has 14 heteroatoms. The first kappa shape index (κ1) is 25.2. The predicted molar refractivity (Wildman–Crippen MR) is 116 cm³/mol. The van der Waals surface area contributed by atoms with Gasteiger partial charge in [0.15, 0.2) is 0 Å². The number of sulfonamides is 3. The molecule has 0 bridgehead atoms. The summed E-state index contributed by atoms with van der Waals surface area (Å²) in [6, 6.07) is 7.34. The summed E-state index contributed by atoms with van der Waals surface area (Å²) in [5, 5.41) is 0. The van der Waals surface area contributed by atoms with Crippen molar-refractivity contribution in [2.75, 3.05) is 32.6 Å². The minimum Gasteiger partial charge on any atom is -0.292 e. The lowest BCUT2D eigenvalue weighted by Gasteiger charge is -2.18. The van der Waals surface area contributed by atoms with Gasteiger partial charge in [0, 0.05) is 33.4 Å². The quantitative estimate of drug-likeness (QED) is 0.461. The molecule has 1 aromatic heterocycles. The minimum absolute atomic E-state index is 0.0118.